The van der Waals surface area contributed by atoms with Crippen LogP contribution in [0.1, 0.15) is 21.5 Å². The van der Waals surface area contributed by atoms with E-state index in [1.165, 1.54) is 16.5 Å². The first-order valence-corrected chi connectivity index (χ1v) is 11.5. The van der Waals surface area contributed by atoms with Gasteiger partial charge in [-0.3, -0.25) is 4.79 Å². The third kappa shape index (κ3) is 4.27. The summed E-state index contributed by atoms with van der Waals surface area (Å²) < 4.78 is 23.0. The van der Waals surface area contributed by atoms with Crippen molar-refractivity contribution in [1.82, 2.24) is 14.9 Å². The second-order valence-electron chi connectivity index (χ2n) is 7.36. The average molecular weight is 413 g/mol. The van der Waals surface area contributed by atoms with Gasteiger partial charge in [-0.25, -0.2) is 13.4 Å². The summed E-state index contributed by atoms with van der Waals surface area (Å²) in [6.45, 7) is 3.32. The van der Waals surface area contributed by atoms with Crippen molar-refractivity contribution < 1.29 is 13.2 Å². The van der Waals surface area contributed by atoms with Gasteiger partial charge in [-0.2, -0.15) is 0 Å². The lowest BCUT2D eigenvalue weighted by Crippen LogP contribution is -2.43. The molecule has 4 rings (SSSR count). The first-order chi connectivity index (χ1) is 13.9. The molecule has 0 aliphatic carbocycles. The number of aromatic amines is 1. The smallest absolute Gasteiger partial charge is 0.255 e. The molecule has 1 aliphatic rings. The number of H-pyrrole nitrogens is 1. The highest BCUT2D eigenvalue weighted by Gasteiger charge is 2.25. The fourth-order valence-corrected chi connectivity index (χ4v) is 4.90. The third-order valence-electron chi connectivity index (χ3n) is 5.34. The molecule has 0 saturated carbocycles. The molecular formula is C21H24N4O3S. The molecule has 2 aromatic heterocycles. The molecule has 0 bridgehead atoms. The Kier molecular flexibility index (Phi) is 5.27. The van der Waals surface area contributed by atoms with Gasteiger partial charge in [0.05, 0.1) is 17.1 Å². The first kappa shape index (κ1) is 19.4. The van der Waals surface area contributed by atoms with E-state index in [2.05, 4.69) is 34.3 Å². The molecular weight excluding hydrogens is 388 g/mol. The number of aryl methyl sites for hydroxylation is 1. The molecule has 0 atom stereocenters. The van der Waals surface area contributed by atoms with Crippen LogP contribution in [0.5, 0.6) is 0 Å². The van der Waals surface area contributed by atoms with Gasteiger partial charge in [0.25, 0.3) is 5.91 Å². The van der Waals surface area contributed by atoms with Gasteiger partial charge in [0.2, 0.25) is 0 Å². The largest absolute Gasteiger partial charge is 0.370 e. The minimum absolute atomic E-state index is 0.0269. The zero-order valence-electron chi connectivity index (χ0n) is 16.3. The zero-order chi connectivity index (χ0) is 20.4. The lowest BCUT2D eigenvalue weighted by molar-refractivity contribution is 0.0770. The van der Waals surface area contributed by atoms with Crippen LogP contribution in [0.15, 0.2) is 42.7 Å². The van der Waals surface area contributed by atoms with E-state index in [1.54, 1.807) is 23.2 Å². The maximum absolute atomic E-state index is 12.5. The van der Waals surface area contributed by atoms with Crippen LogP contribution in [0.4, 0.5) is 5.82 Å². The van der Waals surface area contributed by atoms with Crippen LogP contribution in [0.3, 0.4) is 0 Å². The SMILES string of the molecule is Cc1cccc2[nH]cc(CCNc3ccc(C(=O)N4CCS(=O)(=O)CC4)cn3)c12. The number of rotatable bonds is 5. The van der Waals surface area contributed by atoms with Crippen molar-refractivity contribution in [2.75, 3.05) is 36.5 Å². The number of pyridine rings is 1. The Morgan fingerprint density at radius 1 is 1.21 bits per heavy atom. The zero-order valence-corrected chi connectivity index (χ0v) is 17.1. The van der Waals surface area contributed by atoms with Crippen molar-refractivity contribution in [3.05, 3.63) is 59.4 Å². The fourth-order valence-electron chi connectivity index (χ4n) is 3.70. The predicted molar refractivity (Wildman–Crippen MR) is 114 cm³/mol. The number of hydrogen-bond acceptors (Lipinski definition) is 5. The number of carbonyl (C=O) groups is 1. The summed E-state index contributed by atoms with van der Waals surface area (Å²) in [5.74, 6) is 0.589. The topological polar surface area (TPSA) is 95.2 Å². The van der Waals surface area contributed by atoms with Crippen LogP contribution in [-0.4, -0.2) is 60.3 Å². The number of amides is 1. The van der Waals surface area contributed by atoms with Crippen LogP contribution in [0, 0.1) is 6.92 Å². The second kappa shape index (κ2) is 7.87. The van der Waals surface area contributed by atoms with Crippen molar-refractivity contribution in [3.8, 4) is 0 Å². The monoisotopic (exact) mass is 412 g/mol. The molecule has 0 radical (unpaired) electrons. The van der Waals surface area contributed by atoms with Crippen molar-refractivity contribution in [1.29, 1.82) is 0 Å². The van der Waals surface area contributed by atoms with E-state index in [0.717, 1.165) is 18.5 Å². The molecule has 2 N–H and O–H groups in total. The van der Waals surface area contributed by atoms with Crippen LogP contribution in [-0.2, 0) is 16.3 Å². The maximum atomic E-state index is 12.5. The maximum Gasteiger partial charge on any atom is 0.255 e. The lowest BCUT2D eigenvalue weighted by atomic mass is 10.1. The summed E-state index contributed by atoms with van der Waals surface area (Å²) in [5, 5.41) is 4.56. The molecule has 0 unspecified atom stereocenters. The predicted octanol–water partition coefficient (Wildman–Crippen LogP) is 2.40. The van der Waals surface area contributed by atoms with E-state index >= 15 is 0 Å². The molecule has 29 heavy (non-hydrogen) atoms. The van der Waals surface area contributed by atoms with E-state index in [1.807, 2.05) is 12.3 Å². The number of hydrogen-bond donors (Lipinski definition) is 2. The molecule has 7 nitrogen and oxygen atoms in total. The number of nitrogens with zero attached hydrogens (tertiary/aromatic N) is 2. The van der Waals surface area contributed by atoms with Crippen LogP contribution >= 0.6 is 0 Å². The summed E-state index contributed by atoms with van der Waals surface area (Å²) in [7, 11) is -3.01. The van der Waals surface area contributed by atoms with Crippen molar-refractivity contribution >= 4 is 32.5 Å². The van der Waals surface area contributed by atoms with Gasteiger partial charge in [0, 0.05) is 42.9 Å². The highest BCUT2D eigenvalue weighted by atomic mass is 32.2. The van der Waals surface area contributed by atoms with Crippen molar-refractivity contribution in [2.45, 2.75) is 13.3 Å². The van der Waals surface area contributed by atoms with Gasteiger partial charge in [-0.15, -0.1) is 0 Å². The quantitative estimate of drug-likeness (QED) is 0.671. The van der Waals surface area contributed by atoms with E-state index in [9.17, 15) is 13.2 Å². The highest BCUT2D eigenvalue weighted by Crippen LogP contribution is 2.22. The van der Waals surface area contributed by atoms with Gasteiger partial charge in [0.1, 0.15) is 5.82 Å². The molecule has 1 aliphatic heterocycles. The third-order valence-corrected chi connectivity index (χ3v) is 6.95. The Balaban J connectivity index is 1.34. The molecule has 1 amide bonds. The van der Waals surface area contributed by atoms with Gasteiger partial charge < -0.3 is 15.2 Å². The van der Waals surface area contributed by atoms with Crippen molar-refractivity contribution in [2.24, 2.45) is 0 Å². The number of benzene rings is 1. The molecule has 3 aromatic rings. The molecule has 1 fully saturated rings. The molecule has 1 aromatic carbocycles. The number of aromatic nitrogens is 2. The minimum atomic E-state index is -3.01. The van der Waals surface area contributed by atoms with Gasteiger partial charge in [-0.1, -0.05) is 12.1 Å². The number of nitrogens with one attached hydrogen (secondary N) is 2. The van der Waals surface area contributed by atoms with Crippen molar-refractivity contribution in [3.63, 3.8) is 0 Å². The fraction of sp³-hybridized carbons (Fsp3) is 0.333. The van der Waals surface area contributed by atoms with Crippen LogP contribution < -0.4 is 5.32 Å². The summed E-state index contributed by atoms with van der Waals surface area (Å²) in [4.78, 5) is 21.7. The Hall–Kier alpha value is -2.87. The highest BCUT2D eigenvalue weighted by molar-refractivity contribution is 7.91. The lowest BCUT2D eigenvalue weighted by Gasteiger charge is -2.26. The van der Waals surface area contributed by atoms with Gasteiger partial charge >= 0.3 is 0 Å². The standard InChI is InChI=1S/C21H24N4O3S/c1-15-3-2-4-18-20(15)16(13-23-18)7-8-22-19-6-5-17(14-24-19)21(26)25-9-11-29(27,28)12-10-25/h2-6,13-14,23H,7-12H2,1H3,(H,22,24). The summed E-state index contributed by atoms with van der Waals surface area (Å²) in [6.07, 6.45) is 4.45. The van der Waals surface area contributed by atoms with E-state index in [-0.39, 0.29) is 30.5 Å². The number of sulfone groups is 1. The van der Waals surface area contributed by atoms with Gasteiger partial charge in [0.15, 0.2) is 9.84 Å². The normalized spacial score (nSPS) is 16.1. The van der Waals surface area contributed by atoms with E-state index < -0.39 is 9.84 Å². The Labute approximate surface area is 170 Å². The number of fused-ring (bicyclic) bond motifs is 1. The molecule has 8 heteroatoms. The number of carbonyl (C=O) groups excluding carboxylic acids is 1. The van der Waals surface area contributed by atoms with Crippen LogP contribution in [0.25, 0.3) is 10.9 Å². The minimum Gasteiger partial charge on any atom is -0.370 e. The Morgan fingerprint density at radius 3 is 2.72 bits per heavy atom. The molecule has 3 heterocycles. The summed E-state index contributed by atoms with van der Waals surface area (Å²) >= 11 is 0. The van der Waals surface area contributed by atoms with E-state index in [4.69, 9.17) is 0 Å². The Morgan fingerprint density at radius 2 is 2.00 bits per heavy atom. The molecule has 152 valence electrons. The average Bonchev–Trinajstić information content (AvgIpc) is 3.12. The summed E-state index contributed by atoms with van der Waals surface area (Å²) in [5.41, 5.74) is 4.14. The molecule has 1 saturated heterocycles. The molecule has 0 spiro atoms. The first-order valence-electron chi connectivity index (χ1n) is 9.68. The number of anilines is 1. The van der Waals surface area contributed by atoms with E-state index in [0.29, 0.717) is 11.4 Å². The second-order valence-corrected chi connectivity index (χ2v) is 9.67. The van der Waals surface area contributed by atoms with Crippen LogP contribution in [0.2, 0.25) is 0 Å². The van der Waals surface area contributed by atoms with Gasteiger partial charge in [-0.05, 0) is 42.7 Å². The Bertz CT molecular complexity index is 1120. The summed E-state index contributed by atoms with van der Waals surface area (Å²) in [6, 6.07) is 9.76.